The van der Waals surface area contributed by atoms with Crippen molar-refractivity contribution >= 4 is 11.7 Å². The Morgan fingerprint density at radius 3 is 2.59 bits per heavy atom. The lowest BCUT2D eigenvalue weighted by Gasteiger charge is -2.16. The predicted octanol–water partition coefficient (Wildman–Crippen LogP) is 2.96. The average molecular weight is 297 g/mol. The van der Waals surface area contributed by atoms with Crippen LogP contribution in [0.1, 0.15) is 30.4 Å². The predicted molar refractivity (Wildman–Crippen MR) is 89.9 cm³/mol. The Bertz CT molecular complexity index is 611. The fourth-order valence-electron chi connectivity index (χ4n) is 2.39. The van der Waals surface area contributed by atoms with Crippen LogP contribution in [0.2, 0.25) is 0 Å². The van der Waals surface area contributed by atoms with Crippen molar-refractivity contribution in [1.29, 1.82) is 0 Å². The Hall–Kier alpha value is -2.36. The van der Waals surface area contributed by atoms with Crippen molar-refractivity contribution in [3.8, 4) is 0 Å². The topological polar surface area (TPSA) is 45.2 Å². The summed E-state index contributed by atoms with van der Waals surface area (Å²) in [5.74, 6) is 0.857. The van der Waals surface area contributed by atoms with Crippen molar-refractivity contribution in [1.82, 2.24) is 10.3 Å². The summed E-state index contributed by atoms with van der Waals surface area (Å²) in [5.41, 5.74) is 2.11. The van der Waals surface area contributed by atoms with E-state index in [0.29, 0.717) is 6.54 Å². The van der Waals surface area contributed by atoms with Gasteiger partial charge < -0.3 is 10.2 Å². The van der Waals surface area contributed by atoms with E-state index >= 15 is 0 Å². The smallest absolute Gasteiger partial charge is 0.227 e. The molecule has 0 saturated heterocycles. The molecule has 1 amide bonds. The summed E-state index contributed by atoms with van der Waals surface area (Å²) in [6.45, 7) is 2.55. The number of nitrogens with zero attached hydrogens (tertiary/aromatic N) is 2. The van der Waals surface area contributed by atoms with E-state index in [1.54, 1.807) is 6.20 Å². The number of benzene rings is 1. The third-order valence-corrected chi connectivity index (χ3v) is 3.66. The van der Waals surface area contributed by atoms with Gasteiger partial charge in [-0.2, -0.15) is 0 Å². The molecule has 0 fully saturated rings. The number of hydrogen-bond donors (Lipinski definition) is 1. The summed E-state index contributed by atoms with van der Waals surface area (Å²) < 4.78 is 0. The van der Waals surface area contributed by atoms with Crippen molar-refractivity contribution in [3.05, 3.63) is 59.8 Å². The van der Waals surface area contributed by atoms with E-state index in [2.05, 4.69) is 10.3 Å². The molecule has 22 heavy (non-hydrogen) atoms. The first-order valence-corrected chi connectivity index (χ1v) is 7.56. The molecule has 0 unspecified atom stereocenters. The molecule has 2 rings (SSSR count). The molecule has 1 aromatic carbocycles. The third kappa shape index (κ3) is 4.07. The van der Waals surface area contributed by atoms with E-state index < -0.39 is 0 Å². The monoisotopic (exact) mass is 297 g/mol. The maximum atomic E-state index is 12.4. The van der Waals surface area contributed by atoms with E-state index in [1.807, 2.05) is 68.4 Å². The zero-order valence-corrected chi connectivity index (χ0v) is 13.4. The molecule has 0 aliphatic carbocycles. The van der Waals surface area contributed by atoms with Gasteiger partial charge in [-0.05, 0) is 29.7 Å². The van der Waals surface area contributed by atoms with Gasteiger partial charge in [0.25, 0.3) is 0 Å². The second kappa shape index (κ2) is 7.59. The summed E-state index contributed by atoms with van der Waals surface area (Å²) in [5, 5.41) is 3.03. The van der Waals surface area contributed by atoms with E-state index in [0.717, 1.165) is 23.4 Å². The Labute approximate surface area is 132 Å². The van der Waals surface area contributed by atoms with Crippen LogP contribution >= 0.6 is 0 Å². The molecule has 4 heteroatoms. The number of carbonyl (C=O) groups is 1. The minimum atomic E-state index is -0.101. The highest BCUT2D eigenvalue weighted by Gasteiger charge is 2.17. The number of carbonyl (C=O) groups excluding carboxylic acids is 1. The Kier molecular flexibility index (Phi) is 5.53. The Morgan fingerprint density at radius 2 is 1.95 bits per heavy atom. The molecule has 4 nitrogen and oxygen atoms in total. The minimum Gasteiger partial charge on any atom is -0.363 e. The van der Waals surface area contributed by atoms with Crippen LogP contribution in [0.5, 0.6) is 0 Å². The van der Waals surface area contributed by atoms with Crippen LogP contribution in [0.25, 0.3) is 0 Å². The highest BCUT2D eigenvalue weighted by atomic mass is 16.1. The lowest BCUT2D eigenvalue weighted by Crippen LogP contribution is -2.28. The van der Waals surface area contributed by atoms with Gasteiger partial charge in [0.2, 0.25) is 5.91 Å². The summed E-state index contributed by atoms with van der Waals surface area (Å²) in [4.78, 5) is 18.7. The van der Waals surface area contributed by atoms with Crippen LogP contribution in [-0.2, 0) is 11.3 Å². The molecule has 1 N–H and O–H groups in total. The van der Waals surface area contributed by atoms with Gasteiger partial charge in [0, 0.05) is 26.8 Å². The molecule has 116 valence electrons. The highest BCUT2D eigenvalue weighted by Crippen LogP contribution is 2.19. The van der Waals surface area contributed by atoms with Crippen LogP contribution in [-0.4, -0.2) is 25.0 Å². The van der Waals surface area contributed by atoms with Gasteiger partial charge in [-0.3, -0.25) is 4.79 Å². The lowest BCUT2D eigenvalue weighted by atomic mass is 9.95. The molecule has 0 aliphatic rings. The number of anilines is 1. The summed E-state index contributed by atoms with van der Waals surface area (Å²) >= 11 is 0. The van der Waals surface area contributed by atoms with Gasteiger partial charge in [0.1, 0.15) is 5.82 Å². The number of nitrogens with one attached hydrogen (secondary N) is 1. The van der Waals surface area contributed by atoms with Crippen molar-refractivity contribution in [2.45, 2.75) is 25.8 Å². The Balaban J connectivity index is 2.01. The van der Waals surface area contributed by atoms with Gasteiger partial charge in [-0.25, -0.2) is 4.98 Å². The standard InChI is InChI=1S/C18H23N3O/c1-4-16(15-8-6-5-7-9-15)18(22)20-13-14-10-11-19-17(12-14)21(2)3/h5-12,16H,4,13H2,1-3H3,(H,20,22)/t16-/m0/s1. The second-order valence-electron chi connectivity index (χ2n) is 5.51. The quantitative estimate of drug-likeness (QED) is 0.891. The molecular formula is C18H23N3O. The van der Waals surface area contributed by atoms with Crippen LogP contribution in [0.3, 0.4) is 0 Å². The van der Waals surface area contributed by atoms with E-state index in [4.69, 9.17) is 0 Å². The van der Waals surface area contributed by atoms with E-state index in [9.17, 15) is 4.79 Å². The van der Waals surface area contributed by atoms with Crippen molar-refractivity contribution in [2.75, 3.05) is 19.0 Å². The van der Waals surface area contributed by atoms with Gasteiger partial charge in [-0.1, -0.05) is 37.3 Å². The maximum absolute atomic E-state index is 12.4. The average Bonchev–Trinajstić information content (AvgIpc) is 2.55. The van der Waals surface area contributed by atoms with E-state index in [1.165, 1.54) is 0 Å². The number of pyridine rings is 1. The number of amides is 1. The number of rotatable bonds is 6. The molecule has 0 bridgehead atoms. The van der Waals surface area contributed by atoms with Gasteiger partial charge in [0.15, 0.2) is 0 Å². The fraction of sp³-hybridized carbons (Fsp3) is 0.333. The summed E-state index contributed by atoms with van der Waals surface area (Å²) in [6.07, 6.45) is 2.56. The van der Waals surface area contributed by atoms with Crippen molar-refractivity contribution < 1.29 is 4.79 Å². The number of hydrogen-bond acceptors (Lipinski definition) is 3. The van der Waals surface area contributed by atoms with Crippen molar-refractivity contribution in [2.24, 2.45) is 0 Å². The van der Waals surface area contributed by atoms with Gasteiger partial charge in [0.05, 0.1) is 5.92 Å². The fourth-order valence-corrected chi connectivity index (χ4v) is 2.39. The largest absolute Gasteiger partial charge is 0.363 e. The van der Waals surface area contributed by atoms with E-state index in [-0.39, 0.29) is 11.8 Å². The maximum Gasteiger partial charge on any atom is 0.227 e. The SMILES string of the molecule is CC[C@H](C(=O)NCc1ccnc(N(C)C)c1)c1ccccc1. The summed E-state index contributed by atoms with van der Waals surface area (Å²) in [7, 11) is 3.90. The molecule has 1 aromatic heterocycles. The number of aromatic nitrogens is 1. The van der Waals surface area contributed by atoms with Gasteiger partial charge >= 0.3 is 0 Å². The first-order valence-electron chi connectivity index (χ1n) is 7.56. The van der Waals surface area contributed by atoms with Crippen LogP contribution in [0.4, 0.5) is 5.82 Å². The summed E-state index contributed by atoms with van der Waals surface area (Å²) in [6, 6.07) is 13.8. The first-order chi connectivity index (χ1) is 10.6. The molecular weight excluding hydrogens is 274 g/mol. The molecule has 1 heterocycles. The molecule has 1 atom stereocenters. The van der Waals surface area contributed by atoms with Crippen molar-refractivity contribution in [3.63, 3.8) is 0 Å². The van der Waals surface area contributed by atoms with Gasteiger partial charge in [-0.15, -0.1) is 0 Å². The second-order valence-corrected chi connectivity index (χ2v) is 5.51. The molecule has 0 aliphatic heterocycles. The highest BCUT2D eigenvalue weighted by molar-refractivity contribution is 5.83. The van der Waals surface area contributed by atoms with Crippen LogP contribution < -0.4 is 10.2 Å². The molecule has 0 radical (unpaired) electrons. The van der Waals surface area contributed by atoms with Crippen LogP contribution in [0, 0.1) is 0 Å². The molecule has 0 saturated carbocycles. The molecule has 0 spiro atoms. The zero-order valence-electron chi connectivity index (χ0n) is 13.4. The third-order valence-electron chi connectivity index (χ3n) is 3.66. The Morgan fingerprint density at radius 1 is 1.23 bits per heavy atom. The normalized spacial score (nSPS) is 11.8. The minimum absolute atomic E-state index is 0.0666. The lowest BCUT2D eigenvalue weighted by molar-refractivity contribution is -0.122. The zero-order chi connectivity index (χ0) is 15.9. The molecule has 2 aromatic rings. The van der Waals surface area contributed by atoms with Crippen LogP contribution in [0.15, 0.2) is 48.7 Å². The first kappa shape index (κ1) is 16.0.